The number of hydrogen-bond donors (Lipinski definition) is 2. The molecule has 82 valence electrons. The molecule has 0 unspecified atom stereocenters. The van der Waals surface area contributed by atoms with Gasteiger partial charge in [-0.05, 0) is 33.6 Å². The number of halogens is 2. The number of carboxylic acids is 1. The number of aromatic nitrogens is 1. The van der Waals surface area contributed by atoms with Gasteiger partial charge in [-0.15, -0.1) is 0 Å². The zero-order chi connectivity index (χ0) is 11.7. The van der Waals surface area contributed by atoms with Gasteiger partial charge in [0.1, 0.15) is 0 Å². The highest BCUT2D eigenvalue weighted by Crippen LogP contribution is 2.30. The van der Waals surface area contributed by atoms with Crippen LogP contribution in [0.2, 0.25) is 5.02 Å². The Morgan fingerprint density at radius 2 is 2.12 bits per heavy atom. The molecule has 0 saturated carbocycles. The highest BCUT2D eigenvalue weighted by atomic mass is 79.9. The zero-order valence-corrected chi connectivity index (χ0v) is 10.3. The number of nitrogens with one attached hydrogen (secondary N) is 1. The molecule has 3 nitrogen and oxygen atoms in total. The predicted molar refractivity (Wildman–Crippen MR) is 65.9 cm³/mol. The number of benzene rings is 1. The standard InChI is InChI=1S/C11H7BrClNO2/c12-9-3-6(1-2-10(9)13)7-4-14-5-8(7)11(15)16/h1-5,14H,(H,15,16). The molecular weight excluding hydrogens is 293 g/mol. The van der Waals surface area contributed by atoms with Crippen LogP contribution in [-0.4, -0.2) is 16.1 Å². The van der Waals surface area contributed by atoms with Gasteiger partial charge in [0.25, 0.3) is 0 Å². The van der Waals surface area contributed by atoms with Crippen LogP contribution >= 0.6 is 27.5 Å². The number of carboxylic acid groups (broad SMARTS) is 1. The van der Waals surface area contributed by atoms with Crippen molar-refractivity contribution >= 4 is 33.5 Å². The molecule has 0 aliphatic heterocycles. The van der Waals surface area contributed by atoms with Crippen LogP contribution in [0, 0.1) is 0 Å². The van der Waals surface area contributed by atoms with Crippen LogP contribution in [0.4, 0.5) is 0 Å². The van der Waals surface area contributed by atoms with Crippen molar-refractivity contribution in [3.63, 3.8) is 0 Å². The third-order valence-corrected chi connectivity index (χ3v) is 3.42. The molecule has 5 heteroatoms. The fourth-order valence-corrected chi connectivity index (χ4v) is 1.94. The Bertz CT molecular complexity index is 551. The van der Waals surface area contributed by atoms with Gasteiger partial charge in [-0.3, -0.25) is 0 Å². The molecule has 1 heterocycles. The number of rotatable bonds is 2. The molecule has 0 aliphatic rings. The van der Waals surface area contributed by atoms with Crippen LogP contribution in [0.3, 0.4) is 0 Å². The van der Waals surface area contributed by atoms with Crippen molar-refractivity contribution < 1.29 is 9.90 Å². The van der Waals surface area contributed by atoms with Gasteiger partial charge in [0, 0.05) is 22.4 Å². The normalized spacial score (nSPS) is 10.4. The second-order valence-electron chi connectivity index (χ2n) is 3.22. The highest BCUT2D eigenvalue weighted by molar-refractivity contribution is 9.10. The molecule has 16 heavy (non-hydrogen) atoms. The third-order valence-electron chi connectivity index (χ3n) is 2.21. The van der Waals surface area contributed by atoms with Crippen molar-refractivity contribution in [1.29, 1.82) is 0 Å². The maximum absolute atomic E-state index is 11.0. The van der Waals surface area contributed by atoms with Crippen LogP contribution in [-0.2, 0) is 0 Å². The van der Waals surface area contributed by atoms with E-state index in [0.717, 1.165) is 10.0 Å². The summed E-state index contributed by atoms with van der Waals surface area (Å²) in [5, 5.41) is 9.58. The number of hydrogen-bond acceptors (Lipinski definition) is 1. The Morgan fingerprint density at radius 3 is 2.75 bits per heavy atom. The fourth-order valence-electron chi connectivity index (χ4n) is 1.44. The molecule has 0 bridgehead atoms. The SMILES string of the molecule is O=C(O)c1c[nH]cc1-c1ccc(Cl)c(Br)c1. The van der Waals surface area contributed by atoms with Crippen LogP contribution < -0.4 is 0 Å². The van der Waals surface area contributed by atoms with Gasteiger partial charge in [-0.2, -0.15) is 0 Å². The molecule has 0 fully saturated rings. The van der Waals surface area contributed by atoms with Crippen molar-refractivity contribution in [1.82, 2.24) is 4.98 Å². The fraction of sp³-hybridized carbons (Fsp3) is 0. The van der Waals surface area contributed by atoms with E-state index < -0.39 is 5.97 Å². The number of carbonyl (C=O) groups is 1. The van der Waals surface area contributed by atoms with E-state index in [9.17, 15) is 4.79 Å². The maximum atomic E-state index is 11.0. The summed E-state index contributed by atoms with van der Waals surface area (Å²) in [6.07, 6.45) is 3.11. The summed E-state index contributed by atoms with van der Waals surface area (Å²) >= 11 is 9.18. The van der Waals surface area contributed by atoms with E-state index in [0.29, 0.717) is 10.6 Å². The Balaban J connectivity index is 2.54. The largest absolute Gasteiger partial charge is 0.478 e. The molecule has 2 N–H and O–H groups in total. The summed E-state index contributed by atoms with van der Waals surface area (Å²) in [7, 11) is 0. The van der Waals surface area contributed by atoms with E-state index in [1.807, 2.05) is 0 Å². The first-order chi connectivity index (χ1) is 7.59. The molecular formula is C11H7BrClNO2. The Morgan fingerprint density at radius 1 is 1.38 bits per heavy atom. The van der Waals surface area contributed by atoms with Crippen LogP contribution in [0.5, 0.6) is 0 Å². The van der Waals surface area contributed by atoms with Crippen molar-refractivity contribution in [3.05, 3.63) is 45.7 Å². The first-order valence-electron chi connectivity index (χ1n) is 4.45. The van der Waals surface area contributed by atoms with Crippen molar-refractivity contribution in [2.75, 3.05) is 0 Å². The lowest BCUT2D eigenvalue weighted by molar-refractivity contribution is 0.0698. The van der Waals surface area contributed by atoms with E-state index in [-0.39, 0.29) is 5.56 Å². The Kier molecular flexibility index (Phi) is 3.03. The quantitative estimate of drug-likeness (QED) is 0.886. The highest BCUT2D eigenvalue weighted by Gasteiger charge is 2.13. The maximum Gasteiger partial charge on any atom is 0.337 e. The van der Waals surface area contributed by atoms with Crippen LogP contribution in [0.15, 0.2) is 35.1 Å². The summed E-state index contributed by atoms with van der Waals surface area (Å²) in [4.78, 5) is 13.7. The molecule has 0 aliphatic carbocycles. The molecule has 0 spiro atoms. The molecule has 1 aromatic carbocycles. The van der Waals surface area contributed by atoms with Crippen molar-refractivity contribution in [3.8, 4) is 11.1 Å². The predicted octanol–water partition coefficient (Wildman–Crippen LogP) is 3.80. The average Bonchev–Trinajstić information content (AvgIpc) is 2.71. The van der Waals surface area contributed by atoms with E-state index in [2.05, 4.69) is 20.9 Å². The van der Waals surface area contributed by atoms with Crippen LogP contribution in [0.25, 0.3) is 11.1 Å². The zero-order valence-electron chi connectivity index (χ0n) is 8.00. The third kappa shape index (κ3) is 1.99. The number of H-pyrrole nitrogens is 1. The smallest absolute Gasteiger partial charge is 0.337 e. The van der Waals surface area contributed by atoms with Gasteiger partial charge in [0.15, 0.2) is 0 Å². The topological polar surface area (TPSA) is 53.1 Å². The van der Waals surface area contributed by atoms with E-state index in [1.54, 1.807) is 24.4 Å². The van der Waals surface area contributed by atoms with E-state index in [4.69, 9.17) is 16.7 Å². The lowest BCUT2D eigenvalue weighted by atomic mass is 10.1. The summed E-state index contributed by atoms with van der Waals surface area (Å²) in [6, 6.07) is 5.29. The molecule has 0 radical (unpaired) electrons. The lowest BCUT2D eigenvalue weighted by Gasteiger charge is -2.02. The molecule has 0 saturated heterocycles. The number of aromatic carboxylic acids is 1. The summed E-state index contributed by atoms with van der Waals surface area (Å²) in [5.74, 6) is -0.956. The second kappa shape index (κ2) is 4.31. The molecule has 2 rings (SSSR count). The minimum atomic E-state index is -0.956. The first kappa shape index (κ1) is 11.2. The van der Waals surface area contributed by atoms with Gasteiger partial charge >= 0.3 is 5.97 Å². The van der Waals surface area contributed by atoms with Gasteiger partial charge < -0.3 is 10.1 Å². The second-order valence-corrected chi connectivity index (χ2v) is 4.48. The van der Waals surface area contributed by atoms with Crippen LogP contribution in [0.1, 0.15) is 10.4 Å². The first-order valence-corrected chi connectivity index (χ1v) is 5.62. The lowest BCUT2D eigenvalue weighted by Crippen LogP contribution is -1.95. The summed E-state index contributed by atoms with van der Waals surface area (Å²) in [5.41, 5.74) is 1.69. The minimum Gasteiger partial charge on any atom is -0.478 e. The number of aromatic amines is 1. The summed E-state index contributed by atoms with van der Waals surface area (Å²) < 4.78 is 0.740. The van der Waals surface area contributed by atoms with E-state index in [1.165, 1.54) is 6.20 Å². The minimum absolute atomic E-state index is 0.245. The van der Waals surface area contributed by atoms with Gasteiger partial charge in [-0.1, -0.05) is 17.7 Å². The molecule has 0 amide bonds. The molecule has 0 atom stereocenters. The molecule has 2 aromatic rings. The Labute approximate surface area is 105 Å². The van der Waals surface area contributed by atoms with Gasteiger partial charge in [0.05, 0.1) is 10.6 Å². The Hall–Kier alpha value is -1.26. The van der Waals surface area contributed by atoms with E-state index >= 15 is 0 Å². The summed E-state index contributed by atoms with van der Waals surface area (Å²) in [6.45, 7) is 0. The monoisotopic (exact) mass is 299 g/mol. The van der Waals surface area contributed by atoms with Crippen molar-refractivity contribution in [2.24, 2.45) is 0 Å². The molecule has 1 aromatic heterocycles. The van der Waals surface area contributed by atoms with Crippen molar-refractivity contribution in [2.45, 2.75) is 0 Å². The van der Waals surface area contributed by atoms with Gasteiger partial charge in [0.2, 0.25) is 0 Å². The van der Waals surface area contributed by atoms with Gasteiger partial charge in [-0.25, -0.2) is 4.79 Å². The average molecular weight is 301 g/mol.